The van der Waals surface area contributed by atoms with Crippen molar-refractivity contribution < 1.29 is 4.79 Å². The average molecular weight is 221 g/mol. The monoisotopic (exact) mass is 221 g/mol. The van der Waals surface area contributed by atoms with E-state index >= 15 is 0 Å². The number of terminal acetylenes is 1. The lowest BCUT2D eigenvalue weighted by molar-refractivity contribution is 0.100. The van der Waals surface area contributed by atoms with Gasteiger partial charge in [-0.05, 0) is 29.3 Å². The van der Waals surface area contributed by atoms with E-state index in [1.54, 1.807) is 12.1 Å². The molecule has 0 radical (unpaired) electrons. The molecule has 0 bridgehead atoms. The highest BCUT2D eigenvalue weighted by atomic mass is 16.1. The Bertz CT molecular complexity index is 591. The molecule has 0 spiro atoms. The number of primary amides is 1. The minimum atomic E-state index is -0.429. The van der Waals surface area contributed by atoms with E-state index in [2.05, 4.69) is 5.92 Å². The van der Waals surface area contributed by atoms with Gasteiger partial charge in [-0.1, -0.05) is 36.3 Å². The van der Waals surface area contributed by atoms with Crippen LogP contribution in [-0.2, 0) is 0 Å². The lowest BCUT2D eigenvalue weighted by Gasteiger charge is -2.06. The molecule has 82 valence electrons. The van der Waals surface area contributed by atoms with Crippen molar-refractivity contribution in [2.45, 2.75) is 0 Å². The lowest BCUT2D eigenvalue weighted by Crippen LogP contribution is -2.12. The highest BCUT2D eigenvalue weighted by molar-refractivity contribution is 5.99. The van der Waals surface area contributed by atoms with Gasteiger partial charge in [-0.25, -0.2) is 0 Å². The minimum Gasteiger partial charge on any atom is -0.366 e. The van der Waals surface area contributed by atoms with Gasteiger partial charge in [-0.15, -0.1) is 6.42 Å². The van der Waals surface area contributed by atoms with Crippen LogP contribution in [0.3, 0.4) is 0 Å². The molecule has 0 unspecified atom stereocenters. The number of amides is 1. The second-order valence-corrected chi connectivity index (χ2v) is 3.63. The van der Waals surface area contributed by atoms with Crippen molar-refractivity contribution >= 4 is 5.91 Å². The fourth-order valence-corrected chi connectivity index (χ4v) is 1.70. The van der Waals surface area contributed by atoms with Gasteiger partial charge in [0.25, 0.3) is 0 Å². The highest BCUT2D eigenvalue weighted by Crippen LogP contribution is 2.23. The SMILES string of the molecule is C#Cc1ccc(-c2ccccc2C(N)=O)cc1. The zero-order valence-electron chi connectivity index (χ0n) is 9.18. The summed E-state index contributed by atoms with van der Waals surface area (Å²) in [6.07, 6.45) is 5.29. The van der Waals surface area contributed by atoms with Gasteiger partial charge in [-0.2, -0.15) is 0 Å². The van der Waals surface area contributed by atoms with Gasteiger partial charge >= 0.3 is 0 Å². The van der Waals surface area contributed by atoms with Gasteiger partial charge < -0.3 is 5.73 Å². The molecule has 0 heterocycles. The van der Waals surface area contributed by atoms with Crippen LogP contribution < -0.4 is 5.73 Å². The summed E-state index contributed by atoms with van der Waals surface area (Å²) in [5, 5.41) is 0. The van der Waals surface area contributed by atoms with Crippen molar-refractivity contribution in [3.05, 3.63) is 59.7 Å². The van der Waals surface area contributed by atoms with Crippen LogP contribution in [0, 0.1) is 12.3 Å². The van der Waals surface area contributed by atoms with Crippen LogP contribution in [0.25, 0.3) is 11.1 Å². The predicted molar refractivity (Wildman–Crippen MR) is 68.3 cm³/mol. The number of hydrogen-bond donors (Lipinski definition) is 1. The molecule has 2 aromatic carbocycles. The Morgan fingerprint density at radius 2 is 1.71 bits per heavy atom. The first-order valence-corrected chi connectivity index (χ1v) is 5.18. The molecule has 1 amide bonds. The first kappa shape index (κ1) is 11.0. The molecule has 0 aliphatic heterocycles. The zero-order chi connectivity index (χ0) is 12.3. The van der Waals surface area contributed by atoms with Crippen molar-refractivity contribution in [3.63, 3.8) is 0 Å². The van der Waals surface area contributed by atoms with E-state index in [-0.39, 0.29) is 0 Å². The maximum absolute atomic E-state index is 11.3. The third kappa shape index (κ3) is 2.19. The molecular weight excluding hydrogens is 210 g/mol. The summed E-state index contributed by atoms with van der Waals surface area (Å²) < 4.78 is 0. The quantitative estimate of drug-likeness (QED) is 0.777. The molecule has 17 heavy (non-hydrogen) atoms. The summed E-state index contributed by atoms with van der Waals surface area (Å²) in [4.78, 5) is 11.3. The predicted octanol–water partition coefficient (Wildman–Crippen LogP) is 2.43. The highest BCUT2D eigenvalue weighted by Gasteiger charge is 2.08. The summed E-state index contributed by atoms with van der Waals surface area (Å²) in [7, 11) is 0. The Morgan fingerprint density at radius 3 is 2.29 bits per heavy atom. The molecule has 0 fully saturated rings. The van der Waals surface area contributed by atoms with E-state index in [0.717, 1.165) is 16.7 Å². The van der Waals surface area contributed by atoms with Gasteiger partial charge in [0.15, 0.2) is 0 Å². The van der Waals surface area contributed by atoms with Crippen LogP contribution in [0.4, 0.5) is 0 Å². The molecular formula is C15H11NO. The summed E-state index contributed by atoms with van der Waals surface area (Å²) in [5.41, 5.74) is 8.41. The lowest BCUT2D eigenvalue weighted by atomic mass is 9.98. The van der Waals surface area contributed by atoms with Crippen LogP contribution in [0.15, 0.2) is 48.5 Å². The van der Waals surface area contributed by atoms with Crippen molar-refractivity contribution in [2.75, 3.05) is 0 Å². The zero-order valence-corrected chi connectivity index (χ0v) is 9.18. The standard InChI is InChI=1S/C15H11NO/c1-2-11-7-9-12(10-8-11)13-5-3-4-6-14(13)15(16)17/h1,3-10H,(H2,16,17). The van der Waals surface area contributed by atoms with Gasteiger partial charge in [0, 0.05) is 11.1 Å². The van der Waals surface area contributed by atoms with Crippen LogP contribution in [-0.4, -0.2) is 5.91 Å². The van der Waals surface area contributed by atoms with Crippen LogP contribution in [0.2, 0.25) is 0 Å². The first-order chi connectivity index (χ1) is 8.22. The van der Waals surface area contributed by atoms with Gasteiger partial charge in [0.1, 0.15) is 0 Å². The molecule has 0 saturated heterocycles. The van der Waals surface area contributed by atoms with Gasteiger partial charge in [0.2, 0.25) is 5.91 Å². The Labute approximate surface area is 100 Å². The maximum Gasteiger partial charge on any atom is 0.249 e. The molecule has 0 saturated carbocycles. The molecule has 0 aromatic heterocycles. The number of hydrogen-bond acceptors (Lipinski definition) is 1. The third-order valence-electron chi connectivity index (χ3n) is 2.56. The van der Waals surface area contributed by atoms with E-state index in [1.165, 1.54) is 0 Å². The van der Waals surface area contributed by atoms with E-state index in [0.29, 0.717) is 5.56 Å². The smallest absolute Gasteiger partial charge is 0.249 e. The number of benzene rings is 2. The summed E-state index contributed by atoms with van der Waals surface area (Å²) in [6, 6.07) is 14.7. The minimum absolute atomic E-state index is 0.429. The van der Waals surface area contributed by atoms with Gasteiger partial charge in [-0.3, -0.25) is 4.79 Å². The van der Waals surface area contributed by atoms with Crippen LogP contribution >= 0.6 is 0 Å². The number of carbonyl (C=O) groups excluding carboxylic acids is 1. The summed E-state index contributed by atoms with van der Waals surface area (Å²) >= 11 is 0. The van der Waals surface area contributed by atoms with Crippen LogP contribution in [0.1, 0.15) is 15.9 Å². The van der Waals surface area contributed by atoms with Crippen LogP contribution in [0.5, 0.6) is 0 Å². The normalized spacial score (nSPS) is 9.59. The number of carbonyl (C=O) groups is 1. The molecule has 2 rings (SSSR count). The molecule has 0 aliphatic rings. The topological polar surface area (TPSA) is 43.1 Å². The fourth-order valence-electron chi connectivity index (χ4n) is 1.70. The van der Waals surface area contributed by atoms with E-state index in [9.17, 15) is 4.79 Å². The van der Waals surface area contributed by atoms with Crippen molar-refractivity contribution in [1.29, 1.82) is 0 Å². The molecule has 0 atom stereocenters. The largest absolute Gasteiger partial charge is 0.366 e. The maximum atomic E-state index is 11.3. The number of nitrogens with two attached hydrogens (primary N) is 1. The molecule has 2 nitrogen and oxygen atoms in total. The Kier molecular flexibility index (Phi) is 2.93. The molecule has 0 aliphatic carbocycles. The fraction of sp³-hybridized carbons (Fsp3) is 0. The number of rotatable bonds is 2. The van der Waals surface area contributed by atoms with E-state index in [4.69, 9.17) is 12.2 Å². The van der Waals surface area contributed by atoms with Crippen molar-refractivity contribution in [3.8, 4) is 23.5 Å². The Hall–Kier alpha value is -2.53. The summed E-state index contributed by atoms with van der Waals surface area (Å²) in [5.74, 6) is 2.12. The second-order valence-electron chi connectivity index (χ2n) is 3.63. The van der Waals surface area contributed by atoms with E-state index < -0.39 is 5.91 Å². The van der Waals surface area contributed by atoms with Crippen molar-refractivity contribution in [2.24, 2.45) is 5.73 Å². The van der Waals surface area contributed by atoms with E-state index in [1.807, 2.05) is 36.4 Å². The van der Waals surface area contributed by atoms with Crippen molar-refractivity contribution in [1.82, 2.24) is 0 Å². The molecule has 2 heteroatoms. The Morgan fingerprint density at radius 1 is 1.06 bits per heavy atom. The molecule has 2 N–H and O–H groups in total. The van der Waals surface area contributed by atoms with Gasteiger partial charge in [0.05, 0.1) is 0 Å². The summed E-state index contributed by atoms with van der Waals surface area (Å²) in [6.45, 7) is 0. The third-order valence-corrected chi connectivity index (χ3v) is 2.56. The Balaban J connectivity index is 2.53. The average Bonchev–Trinajstić information content (AvgIpc) is 2.39. The first-order valence-electron chi connectivity index (χ1n) is 5.18. The second kappa shape index (κ2) is 4.54. The molecule has 2 aromatic rings.